The molecule has 0 heterocycles. The van der Waals surface area contributed by atoms with Gasteiger partial charge in [-0.3, -0.25) is 0 Å². The van der Waals surface area contributed by atoms with Gasteiger partial charge in [0.15, 0.2) is 0 Å². The summed E-state index contributed by atoms with van der Waals surface area (Å²) in [4.78, 5) is 10.9. The van der Waals surface area contributed by atoms with Crippen molar-refractivity contribution in [2.75, 3.05) is 6.61 Å². The van der Waals surface area contributed by atoms with Gasteiger partial charge >= 0.3 is 5.97 Å². The first kappa shape index (κ1) is 11.6. The van der Waals surface area contributed by atoms with Gasteiger partial charge in [-0.25, -0.2) is 4.79 Å². The third kappa shape index (κ3) is 1.99. The van der Waals surface area contributed by atoms with Crippen LogP contribution in [0.25, 0.3) is 0 Å². The zero-order valence-electron chi connectivity index (χ0n) is 7.87. The van der Waals surface area contributed by atoms with E-state index in [0.29, 0.717) is 0 Å². The molecule has 0 saturated carbocycles. The van der Waals surface area contributed by atoms with E-state index in [-0.39, 0.29) is 5.56 Å². The Balaban J connectivity index is 3.19. The van der Waals surface area contributed by atoms with Crippen molar-refractivity contribution in [2.24, 2.45) is 0 Å². The summed E-state index contributed by atoms with van der Waals surface area (Å²) in [6.07, 6.45) is -1.77. The maximum Gasteiger partial charge on any atom is 0.343 e. The molecule has 5 heteroatoms. The highest BCUT2D eigenvalue weighted by Crippen LogP contribution is 2.25. The van der Waals surface area contributed by atoms with Crippen LogP contribution in [0.5, 0.6) is 0 Å². The van der Waals surface area contributed by atoms with Crippen molar-refractivity contribution in [3.05, 3.63) is 35.9 Å². The smallest absolute Gasteiger partial charge is 0.343 e. The monoisotopic (exact) mass is 212 g/mol. The molecule has 1 aromatic rings. The van der Waals surface area contributed by atoms with E-state index in [9.17, 15) is 15.0 Å². The lowest BCUT2D eigenvalue weighted by molar-refractivity contribution is -0.177. The minimum Gasteiger partial charge on any atom is -0.479 e. The number of benzene rings is 1. The summed E-state index contributed by atoms with van der Waals surface area (Å²) in [7, 11) is 0. The zero-order chi connectivity index (χ0) is 11.5. The van der Waals surface area contributed by atoms with Crippen molar-refractivity contribution in [1.29, 1.82) is 0 Å². The second kappa shape index (κ2) is 4.39. The van der Waals surface area contributed by atoms with Gasteiger partial charge in [-0.15, -0.1) is 0 Å². The van der Waals surface area contributed by atoms with Gasteiger partial charge in [0.05, 0.1) is 6.61 Å². The zero-order valence-corrected chi connectivity index (χ0v) is 7.87. The van der Waals surface area contributed by atoms with Crippen LogP contribution in [0.3, 0.4) is 0 Å². The van der Waals surface area contributed by atoms with Gasteiger partial charge in [0.25, 0.3) is 0 Å². The molecular formula is C10H12O5. The third-order valence-electron chi connectivity index (χ3n) is 2.20. The fraction of sp³-hybridized carbons (Fsp3) is 0.300. The number of carboxylic acids is 1. The third-order valence-corrected chi connectivity index (χ3v) is 2.20. The van der Waals surface area contributed by atoms with Gasteiger partial charge in [-0.1, -0.05) is 30.3 Å². The first-order valence-corrected chi connectivity index (χ1v) is 4.33. The molecule has 0 saturated heterocycles. The van der Waals surface area contributed by atoms with E-state index < -0.39 is 24.3 Å². The van der Waals surface area contributed by atoms with Crippen molar-refractivity contribution in [3.8, 4) is 0 Å². The van der Waals surface area contributed by atoms with Gasteiger partial charge in [-0.2, -0.15) is 0 Å². The molecule has 0 aliphatic rings. The molecule has 0 radical (unpaired) electrons. The predicted octanol–water partition coefficient (Wildman–Crippen LogP) is -0.688. The summed E-state index contributed by atoms with van der Waals surface area (Å²) >= 11 is 0. The van der Waals surface area contributed by atoms with Crippen molar-refractivity contribution < 1.29 is 25.2 Å². The number of aliphatic hydroxyl groups excluding tert-OH is 2. The second-order valence-electron chi connectivity index (χ2n) is 3.14. The molecule has 2 unspecified atom stereocenters. The summed E-state index contributed by atoms with van der Waals surface area (Å²) in [6, 6.07) is 7.46. The largest absolute Gasteiger partial charge is 0.479 e. The van der Waals surface area contributed by atoms with Crippen molar-refractivity contribution >= 4 is 5.97 Å². The second-order valence-corrected chi connectivity index (χ2v) is 3.14. The van der Waals surface area contributed by atoms with Gasteiger partial charge in [0.2, 0.25) is 5.60 Å². The van der Waals surface area contributed by atoms with Crippen molar-refractivity contribution in [3.63, 3.8) is 0 Å². The minimum atomic E-state index is -2.48. The SMILES string of the molecule is O=C(O)C(O)(c1ccccc1)C(O)CO. The number of carbonyl (C=O) groups is 1. The number of carboxylic acid groups (broad SMARTS) is 1. The van der Waals surface area contributed by atoms with Crippen molar-refractivity contribution in [2.45, 2.75) is 11.7 Å². The van der Waals surface area contributed by atoms with Crippen LogP contribution < -0.4 is 0 Å². The van der Waals surface area contributed by atoms with Crippen LogP contribution in [0.2, 0.25) is 0 Å². The standard InChI is InChI=1S/C10H12O5/c11-6-8(12)10(15,9(13)14)7-4-2-1-3-5-7/h1-5,8,11-12,15H,6H2,(H,13,14). The fourth-order valence-corrected chi connectivity index (χ4v) is 1.28. The van der Waals surface area contributed by atoms with Crippen LogP contribution in [0, 0.1) is 0 Å². The molecule has 0 spiro atoms. The average Bonchev–Trinajstić information content (AvgIpc) is 2.27. The highest BCUT2D eigenvalue weighted by atomic mass is 16.4. The highest BCUT2D eigenvalue weighted by Gasteiger charge is 2.44. The van der Waals surface area contributed by atoms with Gasteiger partial charge < -0.3 is 20.4 Å². The lowest BCUT2D eigenvalue weighted by Gasteiger charge is -2.27. The van der Waals surface area contributed by atoms with E-state index >= 15 is 0 Å². The van der Waals surface area contributed by atoms with E-state index in [1.165, 1.54) is 24.3 Å². The maximum atomic E-state index is 10.9. The quantitative estimate of drug-likeness (QED) is 0.529. The van der Waals surface area contributed by atoms with Crippen LogP contribution in [0.4, 0.5) is 0 Å². The first-order valence-electron chi connectivity index (χ1n) is 4.33. The number of hydrogen-bond acceptors (Lipinski definition) is 4. The van der Waals surface area contributed by atoms with Gasteiger partial charge in [-0.05, 0) is 5.56 Å². The summed E-state index contributed by atoms with van der Waals surface area (Å²) in [5.74, 6) is -1.60. The Morgan fingerprint density at radius 1 is 1.33 bits per heavy atom. The van der Waals surface area contributed by atoms with E-state index in [1.807, 2.05) is 0 Å². The Morgan fingerprint density at radius 2 is 1.87 bits per heavy atom. The van der Waals surface area contributed by atoms with E-state index in [4.69, 9.17) is 10.2 Å². The lowest BCUT2D eigenvalue weighted by atomic mass is 9.88. The molecule has 15 heavy (non-hydrogen) atoms. The first-order chi connectivity index (χ1) is 7.03. The predicted molar refractivity (Wildman–Crippen MR) is 51.1 cm³/mol. The Hall–Kier alpha value is -1.43. The van der Waals surface area contributed by atoms with Crippen LogP contribution in [-0.4, -0.2) is 39.1 Å². The Morgan fingerprint density at radius 3 is 2.27 bits per heavy atom. The molecule has 5 nitrogen and oxygen atoms in total. The topological polar surface area (TPSA) is 98.0 Å². The number of rotatable bonds is 4. The average molecular weight is 212 g/mol. The Bertz CT molecular complexity index is 337. The molecule has 0 aromatic heterocycles. The van der Waals surface area contributed by atoms with Gasteiger partial charge in [0.1, 0.15) is 6.10 Å². The normalized spacial score (nSPS) is 16.7. The van der Waals surface area contributed by atoms with Crippen LogP contribution in [0.15, 0.2) is 30.3 Å². The molecule has 2 atom stereocenters. The minimum absolute atomic E-state index is 0.0269. The summed E-state index contributed by atoms with van der Waals surface area (Å²) in [6.45, 7) is -0.836. The van der Waals surface area contributed by atoms with E-state index in [1.54, 1.807) is 6.07 Å². The number of aliphatic carboxylic acids is 1. The molecule has 0 bridgehead atoms. The summed E-state index contributed by atoms with van der Waals surface area (Å²) in [5, 5.41) is 36.7. The molecule has 82 valence electrons. The summed E-state index contributed by atoms with van der Waals surface area (Å²) in [5.41, 5.74) is -2.45. The molecular weight excluding hydrogens is 200 g/mol. The van der Waals surface area contributed by atoms with Crippen LogP contribution >= 0.6 is 0 Å². The van der Waals surface area contributed by atoms with E-state index in [2.05, 4.69) is 0 Å². The highest BCUT2D eigenvalue weighted by molar-refractivity contribution is 5.80. The number of hydrogen-bond donors (Lipinski definition) is 4. The summed E-state index contributed by atoms with van der Waals surface area (Å²) < 4.78 is 0. The Kier molecular flexibility index (Phi) is 3.41. The fourth-order valence-electron chi connectivity index (χ4n) is 1.28. The van der Waals surface area contributed by atoms with Gasteiger partial charge in [0, 0.05) is 0 Å². The molecule has 1 aromatic carbocycles. The molecule has 0 fully saturated rings. The van der Waals surface area contributed by atoms with E-state index in [0.717, 1.165) is 0 Å². The van der Waals surface area contributed by atoms with Crippen LogP contribution in [-0.2, 0) is 10.4 Å². The lowest BCUT2D eigenvalue weighted by Crippen LogP contribution is -2.48. The Labute approximate surface area is 86.2 Å². The molecule has 1 rings (SSSR count). The molecule has 4 N–H and O–H groups in total. The maximum absolute atomic E-state index is 10.9. The number of aliphatic hydroxyl groups is 3. The molecule has 0 aliphatic carbocycles. The molecule has 0 aliphatic heterocycles. The van der Waals surface area contributed by atoms with Crippen LogP contribution in [0.1, 0.15) is 5.56 Å². The molecule has 0 amide bonds. The van der Waals surface area contributed by atoms with Crippen molar-refractivity contribution in [1.82, 2.24) is 0 Å².